The molecule has 1 fully saturated rings. The van der Waals surface area contributed by atoms with Gasteiger partial charge in [0.05, 0.1) is 12.2 Å². The van der Waals surface area contributed by atoms with Gasteiger partial charge in [-0.05, 0) is 57.5 Å². The average Bonchev–Trinajstić information content (AvgIpc) is 2.93. The molecular formula is C18H37NO2. The highest BCUT2D eigenvalue weighted by Gasteiger charge is 2.34. The van der Waals surface area contributed by atoms with Crippen LogP contribution in [0.2, 0.25) is 0 Å². The maximum Gasteiger partial charge on any atom is 0.0653 e. The Hall–Kier alpha value is -0.120. The van der Waals surface area contributed by atoms with Crippen LogP contribution in [0.15, 0.2) is 0 Å². The molecule has 0 aromatic rings. The molecule has 126 valence electrons. The maximum absolute atomic E-state index is 5.78. The lowest BCUT2D eigenvalue weighted by Gasteiger charge is -2.39. The Balaban J connectivity index is 2.56. The van der Waals surface area contributed by atoms with Gasteiger partial charge in [-0.25, -0.2) is 0 Å². The zero-order valence-corrected chi connectivity index (χ0v) is 15.2. The van der Waals surface area contributed by atoms with E-state index in [0.717, 1.165) is 19.4 Å². The second kappa shape index (κ2) is 8.50. The van der Waals surface area contributed by atoms with E-state index in [4.69, 9.17) is 9.47 Å². The molecule has 3 atom stereocenters. The molecule has 1 aliphatic rings. The van der Waals surface area contributed by atoms with Gasteiger partial charge in [0.2, 0.25) is 0 Å². The fourth-order valence-corrected chi connectivity index (χ4v) is 3.62. The smallest absolute Gasteiger partial charge is 0.0653 e. The van der Waals surface area contributed by atoms with Crippen LogP contribution in [0.25, 0.3) is 0 Å². The molecule has 0 spiro atoms. The lowest BCUT2D eigenvalue weighted by molar-refractivity contribution is -0.0391. The van der Waals surface area contributed by atoms with Gasteiger partial charge in [0.15, 0.2) is 0 Å². The number of likely N-dealkylation sites (tertiary alicyclic amines) is 1. The maximum atomic E-state index is 5.78. The van der Waals surface area contributed by atoms with Crippen LogP contribution < -0.4 is 0 Å². The molecule has 0 saturated carbocycles. The first kappa shape index (κ1) is 18.9. The fraction of sp³-hybridized carbons (Fsp3) is 1.00. The van der Waals surface area contributed by atoms with E-state index in [9.17, 15) is 0 Å². The van der Waals surface area contributed by atoms with Gasteiger partial charge in [-0.1, -0.05) is 27.2 Å². The first-order chi connectivity index (χ1) is 9.92. The van der Waals surface area contributed by atoms with Crippen LogP contribution in [0.4, 0.5) is 0 Å². The molecule has 1 rings (SSSR count). The topological polar surface area (TPSA) is 21.7 Å². The Labute approximate surface area is 132 Å². The monoisotopic (exact) mass is 299 g/mol. The van der Waals surface area contributed by atoms with Crippen molar-refractivity contribution in [2.45, 2.75) is 77.9 Å². The highest BCUT2D eigenvalue weighted by Crippen LogP contribution is 2.38. The lowest BCUT2D eigenvalue weighted by atomic mass is 9.74. The summed E-state index contributed by atoms with van der Waals surface area (Å²) in [4.78, 5) is 2.63. The SMILES string of the molecule is CCC(C)(C[C@@](C)(CC)CCN1CCCC1COC)OC. The molecule has 3 nitrogen and oxygen atoms in total. The summed E-state index contributed by atoms with van der Waals surface area (Å²) in [5.74, 6) is 0. The molecule has 1 heterocycles. The average molecular weight is 299 g/mol. The standard InChI is InChI=1S/C18H37NO2/c1-7-17(3,15-18(4,8-2)21-6)11-13-19-12-9-10-16(19)14-20-5/h16H,7-15H2,1-6H3/t16?,17-,18?/m0/s1. The summed E-state index contributed by atoms with van der Waals surface area (Å²) in [5, 5.41) is 0. The lowest BCUT2D eigenvalue weighted by Crippen LogP contribution is -2.39. The number of hydrogen-bond acceptors (Lipinski definition) is 3. The largest absolute Gasteiger partial charge is 0.383 e. The molecule has 2 unspecified atom stereocenters. The second-order valence-electron chi connectivity index (χ2n) is 7.39. The van der Waals surface area contributed by atoms with Gasteiger partial charge in [0, 0.05) is 20.3 Å². The minimum Gasteiger partial charge on any atom is -0.383 e. The fourth-order valence-electron chi connectivity index (χ4n) is 3.62. The molecule has 0 radical (unpaired) electrons. The third-order valence-corrected chi connectivity index (χ3v) is 5.76. The minimum atomic E-state index is 0.0156. The molecule has 0 N–H and O–H groups in total. The molecule has 0 aromatic carbocycles. The molecular weight excluding hydrogens is 262 g/mol. The van der Waals surface area contributed by atoms with Gasteiger partial charge in [-0.15, -0.1) is 0 Å². The van der Waals surface area contributed by atoms with E-state index in [1.165, 1.54) is 38.8 Å². The number of nitrogens with zero attached hydrogens (tertiary/aromatic N) is 1. The third kappa shape index (κ3) is 5.54. The molecule has 3 heteroatoms. The number of ether oxygens (including phenoxy) is 2. The molecule has 21 heavy (non-hydrogen) atoms. The highest BCUT2D eigenvalue weighted by atomic mass is 16.5. The van der Waals surface area contributed by atoms with Gasteiger partial charge in [-0.3, -0.25) is 4.90 Å². The second-order valence-corrected chi connectivity index (χ2v) is 7.39. The third-order valence-electron chi connectivity index (χ3n) is 5.76. The van der Waals surface area contributed by atoms with Crippen LogP contribution in [0.1, 0.15) is 66.2 Å². The number of methoxy groups -OCH3 is 2. The summed E-state index contributed by atoms with van der Waals surface area (Å²) in [6.45, 7) is 12.6. The minimum absolute atomic E-state index is 0.0156. The van der Waals surface area contributed by atoms with Gasteiger partial charge < -0.3 is 9.47 Å². The summed E-state index contributed by atoms with van der Waals surface area (Å²) in [6, 6.07) is 0.635. The Bertz CT molecular complexity index is 291. The van der Waals surface area contributed by atoms with E-state index in [-0.39, 0.29) is 5.60 Å². The molecule has 1 aliphatic heterocycles. The van der Waals surface area contributed by atoms with E-state index >= 15 is 0 Å². The van der Waals surface area contributed by atoms with E-state index in [0.29, 0.717) is 11.5 Å². The highest BCUT2D eigenvalue weighted by molar-refractivity contribution is 4.87. The van der Waals surface area contributed by atoms with Crippen LogP contribution in [-0.4, -0.2) is 50.5 Å². The summed E-state index contributed by atoms with van der Waals surface area (Å²) in [6.07, 6.45) is 7.31. The predicted octanol–water partition coefficient (Wildman–Crippen LogP) is 4.11. The van der Waals surface area contributed by atoms with Gasteiger partial charge >= 0.3 is 0 Å². The van der Waals surface area contributed by atoms with Crippen molar-refractivity contribution in [2.75, 3.05) is 33.9 Å². The number of hydrogen-bond donors (Lipinski definition) is 0. The van der Waals surface area contributed by atoms with Gasteiger partial charge in [0.25, 0.3) is 0 Å². The van der Waals surface area contributed by atoms with Crippen molar-refractivity contribution in [3.63, 3.8) is 0 Å². The van der Waals surface area contributed by atoms with Crippen LogP contribution in [0.5, 0.6) is 0 Å². The van der Waals surface area contributed by atoms with Crippen molar-refractivity contribution >= 4 is 0 Å². The normalized spacial score (nSPS) is 25.7. The number of rotatable bonds is 10. The Kier molecular flexibility index (Phi) is 7.66. The predicted molar refractivity (Wildman–Crippen MR) is 89.8 cm³/mol. The van der Waals surface area contributed by atoms with Crippen molar-refractivity contribution < 1.29 is 9.47 Å². The van der Waals surface area contributed by atoms with Crippen LogP contribution in [0.3, 0.4) is 0 Å². The van der Waals surface area contributed by atoms with Gasteiger partial charge in [0.1, 0.15) is 0 Å². The first-order valence-electron chi connectivity index (χ1n) is 8.70. The van der Waals surface area contributed by atoms with E-state index < -0.39 is 0 Å². The van der Waals surface area contributed by atoms with E-state index in [2.05, 4.69) is 32.6 Å². The summed E-state index contributed by atoms with van der Waals surface area (Å²) in [7, 11) is 3.67. The quantitative estimate of drug-likeness (QED) is 0.606. The van der Waals surface area contributed by atoms with E-state index in [1.807, 2.05) is 14.2 Å². The van der Waals surface area contributed by atoms with Crippen molar-refractivity contribution in [2.24, 2.45) is 5.41 Å². The Morgan fingerprint density at radius 1 is 1.14 bits per heavy atom. The molecule has 0 aromatic heterocycles. The van der Waals surface area contributed by atoms with Gasteiger partial charge in [-0.2, -0.15) is 0 Å². The Morgan fingerprint density at radius 2 is 1.86 bits per heavy atom. The zero-order valence-electron chi connectivity index (χ0n) is 15.2. The molecule has 0 bridgehead atoms. The zero-order chi connectivity index (χ0) is 15.9. The van der Waals surface area contributed by atoms with Crippen LogP contribution in [-0.2, 0) is 9.47 Å². The van der Waals surface area contributed by atoms with Crippen molar-refractivity contribution in [1.29, 1.82) is 0 Å². The Morgan fingerprint density at radius 3 is 2.38 bits per heavy atom. The summed E-state index contributed by atoms with van der Waals surface area (Å²) in [5.41, 5.74) is 0.378. The van der Waals surface area contributed by atoms with Crippen molar-refractivity contribution in [1.82, 2.24) is 4.90 Å². The first-order valence-corrected chi connectivity index (χ1v) is 8.70. The summed E-state index contributed by atoms with van der Waals surface area (Å²) >= 11 is 0. The van der Waals surface area contributed by atoms with Crippen LogP contribution in [0, 0.1) is 5.41 Å². The van der Waals surface area contributed by atoms with E-state index in [1.54, 1.807) is 0 Å². The molecule has 0 amide bonds. The van der Waals surface area contributed by atoms with Crippen LogP contribution >= 0.6 is 0 Å². The summed E-state index contributed by atoms with van der Waals surface area (Å²) < 4.78 is 11.2. The molecule has 0 aliphatic carbocycles. The van der Waals surface area contributed by atoms with Crippen molar-refractivity contribution in [3.8, 4) is 0 Å². The van der Waals surface area contributed by atoms with Crippen molar-refractivity contribution in [3.05, 3.63) is 0 Å². The molecule has 1 saturated heterocycles.